The standard InChI is InChI=1S/C13H13F3O2S/c1-8-11(17)7-10(19-8)6-9-4-2-3-5-12(9)18-13(14,15)16/h2-5,8,10H,6-7H2,1H3. The molecule has 1 aromatic rings. The maximum Gasteiger partial charge on any atom is 0.573 e. The van der Waals surface area contributed by atoms with Crippen LogP contribution in [0, 0.1) is 0 Å². The van der Waals surface area contributed by atoms with Crippen molar-refractivity contribution in [3.63, 3.8) is 0 Å². The number of thioether (sulfide) groups is 1. The van der Waals surface area contributed by atoms with Crippen LogP contribution in [0.1, 0.15) is 18.9 Å². The first-order valence-corrected chi connectivity index (χ1v) is 6.81. The lowest BCUT2D eigenvalue weighted by Gasteiger charge is -2.15. The van der Waals surface area contributed by atoms with Gasteiger partial charge in [-0.25, -0.2) is 0 Å². The molecule has 0 aromatic heterocycles. The highest BCUT2D eigenvalue weighted by molar-refractivity contribution is 8.01. The molecule has 19 heavy (non-hydrogen) atoms. The molecule has 6 heteroatoms. The van der Waals surface area contributed by atoms with Crippen molar-refractivity contribution in [1.82, 2.24) is 0 Å². The Morgan fingerprint density at radius 2 is 2.05 bits per heavy atom. The second-order valence-corrected chi connectivity index (χ2v) is 6.08. The number of hydrogen-bond acceptors (Lipinski definition) is 3. The van der Waals surface area contributed by atoms with Crippen LogP contribution in [0.25, 0.3) is 0 Å². The molecule has 0 aliphatic carbocycles. The van der Waals surface area contributed by atoms with Crippen molar-refractivity contribution >= 4 is 17.5 Å². The van der Waals surface area contributed by atoms with E-state index in [4.69, 9.17) is 0 Å². The molecule has 1 aliphatic rings. The molecule has 1 aliphatic heterocycles. The summed E-state index contributed by atoms with van der Waals surface area (Å²) >= 11 is 1.51. The molecule has 2 nitrogen and oxygen atoms in total. The normalized spacial score (nSPS) is 23.7. The van der Waals surface area contributed by atoms with E-state index < -0.39 is 6.36 Å². The number of halogens is 3. The highest BCUT2D eigenvalue weighted by atomic mass is 32.2. The van der Waals surface area contributed by atoms with Crippen LogP contribution >= 0.6 is 11.8 Å². The number of ether oxygens (including phenoxy) is 1. The second kappa shape index (κ2) is 5.45. The van der Waals surface area contributed by atoms with E-state index in [9.17, 15) is 18.0 Å². The smallest absolute Gasteiger partial charge is 0.406 e. The van der Waals surface area contributed by atoms with E-state index >= 15 is 0 Å². The lowest BCUT2D eigenvalue weighted by Crippen LogP contribution is -2.18. The molecule has 2 rings (SSSR count). The van der Waals surface area contributed by atoms with Gasteiger partial charge in [0.2, 0.25) is 0 Å². The van der Waals surface area contributed by atoms with Gasteiger partial charge in [-0.2, -0.15) is 0 Å². The quantitative estimate of drug-likeness (QED) is 0.851. The van der Waals surface area contributed by atoms with Gasteiger partial charge < -0.3 is 4.74 Å². The van der Waals surface area contributed by atoms with Crippen LogP contribution in [0.4, 0.5) is 13.2 Å². The Bertz CT molecular complexity index is 473. The summed E-state index contributed by atoms with van der Waals surface area (Å²) in [5.41, 5.74) is 0.485. The fraction of sp³-hybridized carbons (Fsp3) is 0.462. The number of alkyl halides is 3. The van der Waals surface area contributed by atoms with Crippen LogP contribution in [0.15, 0.2) is 24.3 Å². The molecule has 2 unspecified atom stereocenters. The van der Waals surface area contributed by atoms with Gasteiger partial charge in [-0.3, -0.25) is 4.79 Å². The van der Waals surface area contributed by atoms with E-state index in [0.717, 1.165) is 0 Å². The summed E-state index contributed by atoms with van der Waals surface area (Å²) in [7, 11) is 0. The minimum atomic E-state index is -4.69. The van der Waals surface area contributed by atoms with E-state index in [2.05, 4.69) is 4.74 Å². The van der Waals surface area contributed by atoms with Gasteiger partial charge in [-0.1, -0.05) is 18.2 Å². The van der Waals surface area contributed by atoms with Crippen LogP contribution in [-0.2, 0) is 11.2 Å². The number of carbonyl (C=O) groups is 1. The minimum absolute atomic E-state index is 0.0282. The number of benzene rings is 1. The maximum absolute atomic E-state index is 12.3. The van der Waals surface area contributed by atoms with E-state index in [1.54, 1.807) is 12.1 Å². The third-order valence-corrected chi connectivity index (χ3v) is 4.31. The SMILES string of the molecule is CC1SC(Cc2ccccc2OC(F)(F)F)CC1=O. The molecule has 0 N–H and O–H groups in total. The fourth-order valence-corrected chi connectivity index (χ4v) is 3.43. The summed E-state index contributed by atoms with van der Waals surface area (Å²) in [6, 6.07) is 6.08. The van der Waals surface area contributed by atoms with Gasteiger partial charge in [0.05, 0.1) is 5.25 Å². The Morgan fingerprint density at radius 1 is 1.37 bits per heavy atom. The van der Waals surface area contributed by atoms with Crippen molar-refractivity contribution in [3.8, 4) is 5.75 Å². The van der Waals surface area contributed by atoms with Gasteiger partial charge in [0.25, 0.3) is 0 Å². The predicted octanol–water partition coefficient (Wildman–Crippen LogP) is 3.59. The number of Topliss-reactive ketones (excluding diaryl/α,β-unsaturated/α-hetero) is 1. The van der Waals surface area contributed by atoms with Crippen molar-refractivity contribution in [2.45, 2.75) is 36.6 Å². The van der Waals surface area contributed by atoms with E-state index in [0.29, 0.717) is 18.4 Å². The van der Waals surface area contributed by atoms with Gasteiger partial charge >= 0.3 is 6.36 Å². The Kier molecular flexibility index (Phi) is 4.08. The third kappa shape index (κ3) is 3.89. The average Bonchev–Trinajstić information content (AvgIpc) is 2.59. The number of para-hydroxylation sites is 1. The molecule has 0 radical (unpaired) electrons. The molecule has 0 saturated carbocycles. The van der Waals surface area contributed by atoms with Crippen LogP contribution in [0.2, 0.25) is 0 Å². The van der Waals surface area contributed by atoms with E-state index in [1.165, 1.54) is 23.9 Å². The first kappa shape index (κ1) is 14.2. The largest absolute Gasteiger partial charge is 0.573 e. The predicted molar refractivity (Wildman–Crippen MR) is 67.3 cm³/mol. The zero-order chi connectivity index (χ0) is 14.0. The van der Waals surface area contributed by atoms with Crippen molar-refractivity contribution in [2.75, 3.05) is 0 Å². The summed E-state index contributed by atoms with van der Waals surface area (Å²) in [5.74, 6) is -0.0215. The van der Waals surface area contributed by atoms with Gasteiger partial charge in [-0.05, 0) is 25.0 Å². The van der Waals surface area contributed by atoms with Crippen LogP contribution in [0.5, 0.6) is 5.75 Å². The number of carbonyl (C=O) groups excluding carboxylic acids is 1. The second-order valence-electron chi connectivity index (χ2n) is 4.43. The summed E-state index contributed by atoms with van der Waals surface area (Å²) in [4.78, 5) is 11.5. The maximum atomic E-state index is 12.3. The van der Waals surface area contributed by atoms with Crippen molar-refractivity contribution in [1.29, 1.82) is 0 Å². The first-order valence-electron chi connectivity index (χ1n) is 5.87. The highest BCUT2D eigenvalue weighted by Crippen LogP contribution is 2.35. The van der Waals surface area contributed by atoms with Crippen LogP contribution in [0.3, 0.4) is 0 Å². The zero-order valence-electron chi connectivity index (χ0n) is 10.2. The van der Waals surface area contributed by atoms with Gasteiger partial charge in [0, 0.05) is 11.7 Å². The van der Waals surface area contributed by atoms with E-state index in [-0.39, 0.29) is 22.0 Å². The Hall–Kier alpha value is -1.17. The highest BCUT2D eigenvalue weighted by Gasteiger charge is 2.34. The summed E-state index contributed by atoms with van der Waals surface area (Å²) in [5, 5.41) is -0.0406. The summed E-state index contributed by atoms with van der Waals surface area (Å²) in [6.45, 7) is 1.82. The monoisotopic (exact) mass is 290 g/mol. The van der Waals surface area contributed by atoms with Gasteiger partial charge in [0.15, 0.2) is 0 Å². The Morgan fingerprint density at radius 3 is 2.63 bits per heavy atom. The lowest BCUT2D eigenvalue weighted by molar-refractivity contribution is -0.274. The molecule has 1 aromatic carbocycles. The average molecular weight is 290 g/mol. The van der Waals surface area contributed by atoms with E-state index in [1.807, 2.05) is 6.92 Å². The molecule has 2 atom stereocenters. The van der Waals surface area contributed by atoms with Gasteiger partial charge in [-0.15, -0.1) is 24.9 Å². The molecule has 104 valence electrons. The lowest BCUT2D eigenvalue weighted by atomic mass is 10.0. The van der Waals surface area contributed by atoms with Crippen molar-refractivity contribution in [3.05, 3.63) is 29.8 Å². The first-order chi connectivity index (χ1) is 8.85. The Balaban J connectivity index is 2.10. The van der Waals surface area contributed by atoms with Gasteiger partial charge in [0.1, 0.15) is 11.5 Å². The number of hydrogen-bond donors (Lipinski definition) is 0. The molecular weight excluding hydrogens is 277 g/mol. The molecule has 0 spiro atoms. The Labute approximate surface area is 113 Å². The molecule has 0 amide bonds. The number of rotatable bonds is 3. The molecule has 1 fully saturated rings. The van der Waals surface area contributed by atoms with Crippen molar-refractivity contribution in [2.24, 2.45) is 0 Å². The number of ketones is 1. The molecular formula is C13H13F3O2S. The van der Waals surface area contributed by atoms with Crippen molar-refractivity contribution < 1.29 is 22.7 Å². The summed E-state index contributed by atoms with van der Waals surface area (Å²) < 4.78 is 40.8. The molecule has 0 bridgehead atoms. The molecule has 1 saturated heterocycles. The summed E-state index contributed by atoms with van der Waals surface area (Å²) in [6.07, 6.45) is -3.87. The zero-order valence-corrected chi connectivity index (χ0v) is 11.1. The fourth-order valence-electron chi connectivity index (χ4n) is 2.07. The van der Waals surface area contributed by atoms with Crippen LogP contribution < -0.4 is 4.74 Å². The topological polar surface area (TPSA) is 26.3 Å². The van der Waals surface area contributed by atoms with Crippen LogP contribution in [-0.4, -0.2) is 22.6 Å². The third-order valence-electron chi connectivity index (χ3n) is 2.92. The molecule has 1 heterocycles. The minimum Gasteiger partial charge on any atom is -0.406 e.